The molecule has 3 nitrogen and oxygen atoms in total. The molecule has 0 amide bonds. The second-order valence-electron chi connectivity index (χ2n) is 3.91. The second kappa shape index (κ2) is 4.87. The Morgan fingerprint density at radius 1 is 1.50 bits per heavy atom. The van der Waals surface area contributed by atoms with E-state index in [1.54, 1.807) is 11.3 Å². The van der Waals surface area contributed by atoms with E-state index >= 15 is 0 Å². The molecule has 0 fully saturated rings. The minimum atomic E-state index is -0.548. The molecule has 0 radical (unpaired) electrons. The summed E-state index contributed by atoms with van der Waals surface area (Å²) in [5, 5.41) is 10.7. The van der Waals surface area contributed by atoms with Gasteiger partial charge in [-0.2, -0.15) is 0 Å². The lowest BCUT2D eigenvalue weighted by Gasteiger charge is -2.04. The lowest BCUT2D eigenvalue weighted by Crippen LogP contribution is -2.10. The van der Waals surface area contributed by atoms with Crippen LogP contribution in [0.25, 0.3) is 0 Å². The number of nitrogens with two attached hydrogens (primary N) is 1. The molecule has 4 heteroatoms. The molecule has 0 spiro atoms. The number of thiazole rings is 1. The molecule has 3 N–H and O–H groups in total. The van der Waals surface area contributed by atoms with Crippen molar-refractivity contribution < 1.29 is 5.11 Å². The van der Waals surface area contributed by atoms with Crippen molar-refractivity contribution in [3.63, 3.8) is 0 Å². The van der Waals surface area contributed by atoms with Gasteiger partial charge < -0.3 is 10.8 Å². The number of rotatable bonds is 4. The summed E-state index contributed by atoms with van der Waals surface area (Å²) in [6.45, 7) is 6.52. The number of nitrogens with zero attached hydrogens (tertiary/aromatic N) is 1. The van der Waals surface area contributed by atoms with E-state index in [9.17, 15) is 5.11 Å². The topological polar surface area (TPSA) is 59.1 Å². The quantitative estimate of drug-likeness (QED) is 0.801. The Morgan fingerprint density at radius 3 is 2.64 bits per heavy atom. The number of aliphatic hydroxyl groups is 1. The smallest absolute Gasteiger partial charge is 0.102 e. The van der Waals surface area contributed by atoms with Crippen LogP contribution in [0.1, 0.15) is 35.5 Å². The highest BCUT2D eigenvalue weighted by molar-refractivity contribution is 7.11. The van der Waals surface area contributed by atoms with Crippen LogP contribution in [0.15, 0.2) is 0 Å². The standard InChI is InChI=1S/C10H18N2OS/c1-6(2)4-9-12-7(3)10(14-9)8(13)5-11/h6,8,13H,4-5,11H2,1-3H3. The average Bonchev–Trinajstić information content (AvgIpc) is 2.44. The second-order valence-corrected chi connectivity index (χ2v) is 5.02. The van der Waals surface area contributed by atoms with Gasteiger partial charge in [0.15, 0.2) is 0 Å². The van der Waals surface area contributed by atoms with Gasteiger partial charge in [0.2, 0.25) is 0 Å². The maximum atomic E-state index is 9.60. The van der Waals surface area contributed by atoms with Crippen molar-refractivity contribution >= 4 is 11.3 Å². The first-order chi connectivity index (χ1) is 6.54. The molecule has 14 heavy (non-hydrogen) atoms. The predicted octanol–water partition coefficient (Wildman–Crippen LogP) is 1.64. The SMILES string of the molecule is Cc1nc(CC(C)C)sc1C(O)CN. The van der Waals surface area contributed by atoms with Gasteiger partial charge in [0.05, 0.1) is 15.6 Å². The van der Waals surface area contributed by atoms with E-state index < -0.39 is 6.10 Å². The zero-order valence-corrected chi connectivity index (χ0v) is 9.77. The molecule has 1 heterocycles. The molecule has 1 aromatic heterocycles. The molecule has 0 aliphatic carbocycles. The van der Waals surface area contributed by atoms with Crippen LogP contribution in [-0.2, 0) is 6.42 Å². The summed E-state index contributed by atoms with van der Waals surface area (Å²) >= 11 is 1.58. The summed E-state index contributed by atoms with van der Waals surface area (Å²) in [4.78, 5) is 5.34. The number of hydrogen-bond donors (Lipinski definition) is 2. The van der Waals surface area contributed by atoms with Gasteiger partial charge in [0.1, 0.15) is 6.10 Å². The van der Waals surface area contributed by atoms with E-state index in [-0.39, 0.29) is 6.54 Å². The number of hydrogen-bond acceptors (Lipinski definition) is 4. The fraction of sp³-hybridized carbons (Fsp3) is 0.700. The van der Waals surface area contributed by atoms with Crippen LogP contribution in [0.2, 0.25) is 0 Å². The third-order valence-electron chi connectivity index (χ3n) is 1.99. The van der Waals surface area contributed by atoms with Crippen LogP contribution in [0.4, 0.5) is 0 Å². The zero-order chi connectivity index (χ0) is 10.7. The van der Waals surface area contributed by atoms with Gasteiger partial charge in [0, 0.05) is 13.0 Å². The summed E-state index contributed by atoms with van der Waals surface area (Å²) in [5.74, 6) is 0.600. The third kappa shape index (κ3) is 2.77. The monoisotopic (exact) mass is 214 g/mol. The average molecular weight is 214 g/mol. The Hall–Kier alpha value is -0.450. The van der Waals surface area contributed by atoms with Gasteiger partial charge in [-0.15, -0.1) is 11.3 Å². The van der Waals surface area contributed by atoms with Crippen LogP contribution in [0.5, 0.6) is 0 Å². The van der Waals surface area contributed by atoms with Crippen molar-refractivity contribution in [3.8, 4) is 0 Å². The molecule has 0 saturated heterocycles. The van der Waals surface area contributed by atoms with Crippen LogP contribution >= 0.6 is 11.3 Å². The number of aryl methyl sites for hydroxylation is 1. The summed E-state index contributed by atoms with van der Waals surface area (Å²) in [5.41, 5.74) is 6.33. The normalized spacial score (nSPS) is 13.6. The van der Waals surface area contributed by atoms with Crippen molar-refractivity contribution in [2.45, 2.75) is 33.3 Å². The highest BCUT2D eigenvalue weighted by atomic mass is 32.1. The van der Waals surface area contributed by atoms with Crippen molar-refractivity contribution in [3.05, 3.63) is 15.6 Å². The van der Waals surface area contributed by atoms with Crippen LogP contribution in [-0.4, -0.2) is 16.6 Å². The zero-order valence-electron chi connectivity index (χ0n) is 8.95. The summed E-state index contributed by atoms with van der Waals surface area (Å²) < 4.78 is 0. The molecule has 1 aromatic rings. The summed E-state index contributed by atoms with van der Waals surface area (Å²) in [6.07, 6.45) is 0.427. The maximum Gasteiger partial charge on any atom is 0.102 e. The maximum absolute atomic E-state index is 9.60. The predicted molar refractivity (Wildman–Crippen MR) is 59.4 cm³/mol. The molecule has 1 rings (SSSR count). The van der Waals surface area contributed by atoms with Crippen molar-refractivity contribution in [2.24, 2.45) is 11.7 Å². The molecule has 0 bridgehead atoms. The van der Waals surface area contributed by atoms with E-state index in [4.69, 9.17) is 5.73 Å². The molecule has 0 aliphatic heterocycles. The van der Waals surface area contributed by atoms with Gasteiger partial charge in [-0.3, -0.25) is 0 Å². The molecule has 0 aromatic carbocycles. The summed E-state index contributed by atoms with van der Waals surface area (Å²) in [6, 6.07) is 0. The van der Waals surface area contributed by atoms with Crippen LogP contribution in [0, 0.1) is 12.8 Å². The largest absolute Gasteiger partial charge is 0.386 e. The Morgan fingerprint density at radius 2 is 2.14 bits per heavy atom. The molecular weight excluding hydrogens is 196 g/mol. The van der Waals surface area contributed by atoms with Gasteiger partial charge in [-0.1, -0.05) is 13.8 Å². The number of aliphatic hydroxyl groups excluding tert-OH is 1. The third-order valence-corrected chi connectivity index (χ3v) is 3.27. The minimum Gasteiger partial charge on any atom is -0.386 e. The first-order valence-electron chi connectivity index (χ1n) is 4.89. The first-order valence-corrected chi connectivity index (χ1v) is 5.70. The molecular formula is C10H18N2OS. The molecule has 0 aliphatic rings. The van der Waals surface area contributed by atoms with Crippen molar-refractivity contribution in [1.29, 1.82) is 0 Å². The van der Waals surface area contributed by atoms with E-state index in [0.29, 0.717) is 5.92 Å². The van der Waals surface area contributed by atoms with E-state index in [2.05, 4.69) is 18.8 Å². The Kier molecular flexibility index (Phi) is 4.04. The Balaban J connectivity index is 2.82. The molecule has 1 unspecified atom stereocenters. The lowest BCUT2D eigenvalue weighted by molar-refractivity contribution is 0.189. The number of aromatic nitrogens is 1. The van der Waals surface area contributed by atoms with E-state index in [1.807, 2.05) is 6.92 Å². The Labute approximate surface area is 89.0 Å². The highest BCUT2D eigenvalue weighted by Crippen LogP contribution is 2.25. The van der Waals surface area contributed by atoms with Crippen LogP contribution in [0.3, 0.4) is 0 Å². The molecule has 0 saturated carbocycles. The Bertz CT molecular complexity index is 296. The van der Waals surface area contributed by atoms with Crippen molar-refractivity contribution in [2.75, 3.05) is 6.54 Å². The van der Waals surface area contributed by atoms with Crippen molar-refractivity contribution in [1.82, 2.24) is 4.98 Å². The summed E-state index contributed by atoms with van der Waals surface area (Å²) in [7, 11) is 0. The van der Waals surface area contributed by atoms with Crippen LogP contribution < -0.4 is 5.73 Å². The fourth-order valence-electron chi connectivity index (χ4n) is 1.32. The lowest BCUT2D eigenvalue weighted by atomic mass is 10.1. The first kappa shape index (κ1) is 11.6. The molecule has 1 atom stereocenters. The van der Waals surface area contributed by atoms with Gasteiger partial charge in [0.25, 0.3) is 0 Å². The molecule has 80 valence electrons. The fourth-order valence-corrected chi connectivity index (χ4v) is 2.60. The van der Waals surface area contributed by atoms with Gasteiger partial charge in [-0.05, 0) is 12.8 Å². The van der Waals surface area contributed by atoms with Gasteiger partial charge in [-0.25, -0.2) is 4.98 Å². The minimum absolute atomic E-state index is 0.268. The highest BCUT2D eigenvalue weighted by Gasteiger charge is 2.14. The van der Waals surface area contributed by atoms with Gasteiger partial charge >= 0.3 is 0 Å². The van der Waals surface area contributed by atoms with E-state index in [0.717, 1.165) is 22.0 Å². The van der Waals surface area contributed by atoms with E-state index in [1.165, 1.54) is 0 Å².